The minimum absolute atomic E-state index is 0.718. The Morgan fingerprint density at radius 1 is 1.13 bits per heavy atom. The molecule has 2 aromatic heterocycles. The van der Waals surface area contributed by atoms with Crippen LogP contribution < -0.4 is 0 Å². The average Bonchev–Trinajstić information content (AvgIpc) is 3.06. The maximum Gasteiger partial charge on any atom is 0.131 e. The molecule has 0 spiro atoms. The zero-order valence-corrected chi connectivity index (χ0v) is 14.1. The van der Waals surface area contributed by atoms with Crippen LogP contribution in [-0.2, 0) is 6.54 Å². The zero-order chi connectivity index (χ0) is 15.9. The van der Waals surface area contributed by atoms with Gasteiger partial charge in [-0.15, -0.1) is 5.10 Å². The third kappa shape index (κ3) is 4.61. The molecule has 0 aliphatic carbocycles. The number of hydrogen-bond donors (Lipinski definition) is 0. The number of piperidine rings is 1. The minimum atomic E-state index is 0.718. The van der Waals surface area contributed by atoms with E-state index in [0.717, 1.165) is 23.9 Å². The second-order valence-corrected chi connectivity index (χ2v) is 6.53. The van der Waals surface area contributed by atoms with Gasteiger partial charge in [0, 0.05) is 12.7 Å². The summed E-state index contributed by atoms with van der Waals surface area (Å²) in [7, 11) is 0. The number of unbranched alkanes of at least 4 members (excludes halogenated alkanes) is 2. The number of likely N-dealkylation sites (tertiary alicyclic amines) is 1. The monoisotopic (exact) mass is 313 g/mol. The summed E-state index contributed by atoms with van der Waals surface area (Å²) in [6.45, 7) is 6.98. The highest BCUT2D eigenvalue weighted by atomic mass is 15.4. The Hall–Kier alpha value is -1.75. The van der Waals surface area contributed by atoms with Crippen molar-refractivity contribution in [3.05, 3.63) is 30.6 Å². The first kappa shape index (κ1) is 16.1. The highest BCUT2D eigenvalue weighted by molar-refractivity contribution is 5.51. The van der Waals surface area contributed by atoms with Crippen molar-refractivity contribution in [1.29, 1.82) is 0 Å². The summed E-state index contributed by atoms with van der Waals surface area (Å²) in [5, 5.41) is 8.54. The fourth-order valence-corrected chi connectivity index (χ4v) is 3.26. The molecule has 0 aromatic carbocycles. The van der Waals surface area contributed by atoms with Gasteiger partial charge in [-0.1, -0.05) is 31.0 Å². The first-order valence-electron chi connectivity index (χ1n) is 8.89. The van der Waals surface area contributed by atoms with Crippen molar-refractivity contribution in [2.75, 3.05) is 19.6 Å². The van der Waals surface area contributed by atoms with Gasteiger partial charge in [-0.3, -0.25) is 9.67 Å². The van der Waals surface area contributed by atoms with E-state index in [-0.39, 0.29) is 0 Å². The van der Waals surface area contributed by atoms with E-state index in [1.54, 1.807) is 6.20 Å². The Bertz CT molecular complexity index is 572. The van der Waals surface area contributed by atoms with Crippen molar-refractivity contribution in [3.8, 4) is 11.4 Å². The fourth-order valence-electron chi connectivity index (χ4n) is 3.26. The molecule has 0 unspecified atom stereocenters. The van der Waals surface area contributed by atoms with Crippen molar-refractivity contribution in [3.63, 3.8) is 0 Å². The molecule has 0 atom stereocenters. The van der Waals surface area contributed by atoms with E-state index in [9.17, 15) is 0 Å². The second kappa shape index (κ2) is 8.20. The van der Waals surface area contributed by atoms with Gasteiger partial charge < -0.3 is 4.90 Å². The molecule has 3 heterocycles. The van der Waals surface area contributed by atoms with Gasteiger partial charge in [0.25, 0.3) is 0 Å². The maximum atomic E-state index is 4.33. The lowest BCUT2D eigenvalue weighted by atomic mass is 9.96. The van der Waals surface area contributed by atoms with Gasteiger partial charge in [-0.05, 0) is 56.9 Å². The number of nitrogens with zero attached hydrogens (tertiary/aromatic N) is 5. The lowest BCUT2D eigenvalue weighted by Crippen LogP contribution is -2.35. The van der Waals surface area contributed by atoms with Gasteiger partial charge in [-0.25, -0.2) is 0 Å². The van der Waals surface area contributed by atoms with Crippen molar-refractivity contribution in [1.82, 2.24) is 24.9 Å². The lowest BCUT2D eigenvalue weighted by molar-refractivity contribution is 0.168. The van der Waals surface area contributed by atoms with E-state index in [4.69, 9.17) is 0 Å². The van der Waals surface area contributed by atoms with Crippen LogP contribution in [0.5, 0.6) is 0 Å². The largest absolute Gasteiger partial charge is 0.303 e. The summed E-state index contributed by atoms with van der Waals surface area (Å²) in [6, 6.07) is 5.88. The third-order valence-corrected chi connectivity index (χ3v) is 4.70. The number of hydrogen-bond acceptors (Lipinski definition) is 4. The highest BCUT2D eigenvalue weighted by Gasteiger charge is 2.19. The minimum Gasteiger partial charge on any atom is -0.303 e. The molecular formula is C18H27N5. The Morgan fingerprint density at radius 3 is 2.74 bits per heavy atom. The molecule has 1 fully saturated rings. The molecule has 23 heavy (non-hydrogen) atoms. The van der Waals surface area contributed by atoms with E-state index in [0.29, 0.717) is 0 Å². The lowest BCUT2D eigenvalue weighted by Gasteiger charge is -2.31. The summed E-state index contributed by atoms with van der Waals surface area (Å²) >= 11 is 0. The molecule has 0 bridgehead atoms. The Kier molecular flexibility index (Phi) is 5.75. The Labute approximate surface area is 138 Å². The molecule has 1 saturated heterocycles. The van der Waals surface area contributed by atoms with Crippen LogP contribution in [0.1, 0.15) is 39.0 Å². The van der Waals surface area contributed by atoms with Crippen molar-refractivity contribution in [2.45, 2.75) is 45.6 Å². The smallest absolute Gasteiger partial charge is 0.131 e. The maximum absolute atomic E-state index is 4.33. The van der Waals surface area contributed by atoms with Crippen molar-refractivity contribution >= 4 is 0 Å². The summed E-state index contributed by atoms with van der Waals surface area (Å²) in [6.07, 6.45) is 10.4. The van der Waals surface area contributed by atoms with Crippen LogP contribution in [0.25, 0.3) is 11.4 Å². The molecule has 2 aromatic rings. The van der Waals surface area contributed by atoms with Crippen LogP contribution in [0, 0.1) is 5.92 Å². The summed E-state index contributed by atoms with van der Waals surface area (Å²) in [4.78, 5) is 6.95. The van der Waals surface area contributed by atoms with Gasteiger partial charge in [0.15, 0.2) is 0 Å². The molecule has 5 nitrogen and oxygen atoms in total. The molecule has 1 aliphatic heterocycles. The van der Waals surface area contributed by atoms with E-state index in [2.05, 4.69) is 27.1 Å². The number of aromatic nitrogens is 4. The van der Waals surface area contributed by atoms with Crippen LogP contribution in [0.15, 0.2) is 30.6 Å². The van der Waals surface area contributed by atoms with Gasteiger partial charge in [0.05, 0.1) is 11.9 Å². The van der Waals surface area contributed by atoms with Crippen LogP contribution >= 0.6 is 0 Å². The summed E-state index contributed by atoms with van der Waals surface area (Å²) in [5.74, 6) is 0.718. The molecule has 3 rings (SSSR count). The normalized spacial score (nSPS) is 16.7. The predicted molar refractivity (Wildman–Crippen MR) is 91.9 cm³/mol. The van der Waals surface area contributed by atoms with Crippen molar-refractivity contribution < 1.29 is 0 Å². The Morgan fingerprint density at radius 2 is 2.00 bits per heavy atom. The first-order chi connectivity index (χ1) is 11.3. The zero-order valence-electron chi connectivity index (χ0n) is 14.1. The number of pyridine rings is 1. The van der Waals surface area contributed by atoms with E-state index in [1.807, 2.05) is 29.1 Å². The topological polar surface area (TPSA) is 46.8 Å². The molecule has 1 aliphatic rings. The van der Waals surface area contributed by atoms with Crippen LogP contribution in [0.2, 0.25) is 0 Å². The molecule has 0 amide bonds. The first-order valence-corrected chi connectivity index (χ1v) is 8.89. The van der Waals surface area contributed by atoms with E-state index < -0.39 is 0 Å². The standard InChI is InChI=1S/C18H27N5/c1-2-3-6-11-22-12-8-16(9-13-22)14-23-15-18(20-21-23)17-7-4-5-10-19-17/h4-5,7,10,15-16H,2-3,6,8-9,11-14H2,1H3. The van der Waals surface area contributed by atoms with Gasteiger partial charge in [0.1, 0.15) is 5.69 Å². The third-order valence-electron chi connectivity index (χ3n) is 4.70. The highest BCUT2D eigenvalue weighted by Crippen LogP contribution is 2.20. The molecule has 5 heteroatoms. The quantitative estimate of drug-likeness (QED) is 0.736. The second-order valence-electron chi connectivity index (χ2n) is 6.53. The van der Waals surface area contributed by atoms with Gasteiger partial charge >= 0.3 is 0 Å². The van der Waals surface area contributed by atoms with Crippen LogP contribution in [-0.4, -0.2) is 44.5 Å². The summed E-state index contributed by atoms with van der Waals surface area (Å²) in [5.41, 5.74) is 1.76. The van der Waals surface area contributed by atoms with E-state index >= 15 is 0 Å². The molecule has 0 N–H and O–H groups in total. The Balaban J connectivity index is 1.47. The predicted octanol–water partition coefficient (Wildman–Crippen LogP) is 3.24. The van der Waals surface area contributed by atoms with Crippen molar-refractivity contribution in [2.24, 2.45) is 5.92 Å². The molecule has 0 saturated carbocycles. The molecule has 124 valence electrons. The molecule has 0 radical (unpaired) electrons. The molecular weight excluding hydrogens is 286 g/mol. The summed E-state index contributed by atoms with van der Waals surface area (Å²) < 4.78 is 1.99. The number of rotatable bonds is 7. The average molecular weight is 313 g/mol. The fraction of sp³-hybridized carbons (Fsp3) is 0.611. The van der Waals surface area contributed by atoms with Gasteiger partial charge in [-0.2, -0.15) is 0 Å². The van der Waals surface area contributed by atoms with Crippen LogP contribution in [0.4, 0.5) is 0 Å². The van der Waals surface area contributed by atoms with Gasteiger partial charge in [0.2, 0.25) is 0 Å². The van der Waals surface area contributed by atoms with E-state index in [1.165, 1.54) is 51.7 Å². The SMILES string of the molecule is CCCCCN1CCC(Cn2cc(-c3ccccn3)nn2)CC1. The van der Waals surface area contributed by atoms with Crippen LogP contribution in [0.3, 0.4) is 0 Å².